The summed E-state index contributed by atoms with van der Waals surface area (Å²) in [6, 6.07) is 19.5. The zero-order valence-corrected chi connectivity index (χ0v) is 18.4. The number of nitrogens with zero attached hydrogens (tertiary/aromatic N) is 4. The molecule has 0 saturated heterocycles. The first-order valence-corrected chi connectivity index (χ1v) is 11.1. The number of nitriles is 1. The monoisotopic (exact) mass is 436 g/mol. The lowest BCUT2D eigenvalue weighted by Crippen LogP contribution is -2.12. The number of ether oxygens (including phenoxy) is 2. The Labute approximate surface area is 192 Å². The number of fused-ring (bicyclic) bond motifs is 1. The standard InChI is InChI=1S/C27H24N4O2/c1-32-24-14-6-8-19(26(24)33-21-10-2-3-11-21)15-16-25-30-22-12-4-5-13-23(22)31(25)27-20(18-28)9-7-17-29-27/h4-9,12-17,21H,2-3,10-11H2,1H3. The summed E-state index contributed by atoms with van der Waals surface area (Å²) in [7, 11) is 1.66. The number of benzene rings is 2. The Morgan fingerprint density at radius 2 is 1.88 bits per heavy atom. The van der Waals surface area contributed by atoms with Crippen LogP contribution in [0.3, 0.4) is 0 Å². The molecule has 1 fully saturated rings. The fourth-order valence-corrected chi connectivity index (χ4v) is 4.33. The van der Waals surface area contributed by atoms with Gasteiger partial charge in [-0.15, -0.1) is 0 Å². The molecule has 0 unspecified atom stereocenters. The summed E-state index contributed by atoms with van der Waals surface area (Å²) >= 11 is 0. The number of imidazole rings is 1. The molecule has 1 aliphatic rings. The SMILES string of the molecule is COc1cccc(C=Cc2nc3ccccc3n2-c2ncccc2C#N)c1OC1CCCC1. The highest BCUT2D eigenvalue weighted by molar-refractivity contribution is 5.83. The molecule has 0 atom stereocenters. The molecule has 0 amide bonds. The van der Waals surface area contributed by atoms with Gasteiger partial charge < -0.3 is 9.47 Å². The van der Waals surface area contributed by atoms with Crippen molar-refractivity contribution in [3.8, 4) is 23.4 Å². The number of methoxy groups -OCH3 is 1. The van der Waals surface area contributed by atoms with Gasteiger partial charge in [0.05, 0.1) is 29.8 Å². The summed E-state index contributed by atoms with van der Waals surface area (Å²) in [5.41, 5.74) is 3.13. The molecule has 2 aromatic carbocycles. The lowest BCUT2D eigenvalue weighted by Gasteiger charge is -2.18. The van der Waals surface area contributed by atoms with E-state index in [2.05, 4.69) is 11.1 Å². The lowest BCUT2D eigenvalue weighted by atomic mass is 10.1. The van der Waals surface area contributed by atoms with Crippen molar-refractivity contribution in [2.24, 2.45) is 0 Å². The quantitative estimate of drug-likeness (QED) is 0.382. The molecule has 2 heterocycles. The van der Waals surface area contributed by atoms with E-state index < -0.39 is 0 Å². The lowest BCUT2D eigenvalue weighted by molar-refractivity contribution is 0.200. The Balaban J connectivity index is 1.61. The number of hydrogen-bond donors (Lipinski definition) is 0. The molecular formula is C27H24N4O2. The molecule has 1 aliphatic carbocycles. The maximum absolute atomic E-state index is 9.65. The van der Waals surface area contributed by atoms with Gasteiger partial charge in [-0.2, -0.15) is 5.26 Å². The minimum Gasteiger partial charge on any atom is -0.493 e. The summed E-state index contributed by atoms with van der Waals surface area (Å²) < 4.78 is 13.9. The zero-order valence-electron chi connectivity index (χ0n) is 18.4. The van der Waals surface area contributed by atoms with Crippen molar-refractivity contribution in [1.29, 1.82) is 5.26 Å². The predicted molar refractivity (Wildman–Crippen MR) is 128 cm³/mol. The van der Waals surface area contributed by atoms with Crippen molar-refractivity contribution in [2.75, 3.05) is 7.11 Å². The van der Waals surface area contributed by atoms with Crippen molar-refractivity contribution in [1.82, 2.24) is 14.5 Å². The van der Waals surface area contributed by atoms with Crippen LogP contribution in [0.4, 0.5) is 0 Å². The van der Waals surface area contributed by atoms with Gasteiger partial charge in [-0.1, -0.05) is 24.3 Å². The van der Waals surface area contributed by atoms with Crippen molar-refractivity contribution in [3.05, 3.63) is 77.7 Å². The average Bonchev–Trinajstić information content (AvgIpc) is 3.50. The zero-order chi connectivity index (χ0) is 22.6. The van der Waals surface area contributed by atoms with E-state index in [4.69, 9.17) is 14.5 Å². The molecule has 0 aliphatic heterocycles. The Morgan fingerprint density at radius 1 is 1.03 bits per heavy atom. The van der Waals surface area contributed by atoms with Crippen molar-refractivity contribution in [2.45, 2.75) is 31.8 Å². The van der Waals surface area contributed by atoms with E-state index in [0.29, 0.717) is 23.0 Å². The van der Waals surface area contributed by atoms with Gasteiger partial charge in [0.25, 0.3) is 0 Å². The fraction of sp³-hybridized carbons (Fsp3) is 0.222. The van der Waals surface area contributed by atoms with Gasteiger partial charge in [-0.25, -0.2) is 9.97 Å². The van der Waals surface area contributed by atoms with Crippen LogP contribution in [0.1, 0.15) is 42.6 Å². The van der Waals surface area contributed by atoms with Gasteiger partial charge in [-0.3, -0.25) is 4.57 Å². The second kappa shape index (κ2) is 9.17. The van der Waals surface area contributed by atoms with Crippen LogP contribution in [0.25, 0.3) is 29.0 Å². The second-order valence-electron chi connectivity index (χ2n) is 8.02. The molecule has 33 heavy (non-hydrogen) atoms. The van der Waals surface area contributed by atoms with Crippen LogP contribution >= 0.6 is 0 Å². The molecular weight excluding hydrogens is 412 g/mol. The van der Waals surface area contributed by atoms with E-state index in [9.17, 15) is 5.26 Å². The van der Waals surface area contributed by atoms with Crippen LogP contribution in [0.2, 0.25) is 0 Å². The van der Waals surface area contributed by atoms with Crippen LogP contribution < -0.4 is 9.47 Å². The number of hydrogen-bond acceptors (Lipinski definition) is 5. The summed E-state index contributed by atoms with van der Waals surface area (Å²) in [6.07, 6.45) is 10.3. The number of para-hydroxylation sites is 3. The van der Waals surface area contributed by atoms with Gasteiger partial charge in [0, 0.05) is 11.8 Å². The Hall–Kier alpha value is -4.11. The van der Waals surface area contributed by atoms with E-state index in [-0.39, 0.29) is 6.10 Å². The van der Waals surface area contributed by atoms with Gasteiger partial charge >= 0.3 is 0 Å². The highest BCUT2D eigenvalue weighted by atomic mass is 16.5. The minimum atomic E-state index is 0.213. The van der Waals surface area contributed by atoms with Crippen LogP contribution in [0.15, 0.2) is 60.8 Å². The molecule has 5 rings (SSSR count). The Kier molecular flexibility index (Phi) is 5.77. The van der Waals surface area contributed by atoms with Crippen molar-refractivity contribution < 1.29 is 9.47 Å². The molecule has 6 nitrogen and oxygen atoms in total. The Morgan fingerprint density at radius 3 is 2.70 bits per heavy atom. The highest BCUT2D eigenvalue weighted by Crippen LogP contribution is 2.36. The molecule has 4 aromatic rings. The third kappa shape index (κ3) is 4.06. The molecule has 6 heteroatoms. The van der Waals surface area contributed by atoms with Crippen molar-refractivity contribution >= 4 is 23.2 Å². The fourth-order valence-electron chi connectivity index (χ4n) is 4.33. The minimum absolute atomic E-state index is 0.213. The molecule has 2 aromatic heterocycles. The van der Waals surface area contributed by atoms with Gasteiger partial charge in [-0.05, 0) is 68.2 Å². The summed E-state index contributed by atoms with van der Waals surface area (Å²) in [5, 5.41) is 9.65. The smallest absolute Gasteiger partial charge is 0.168 e. The van der Waals surface area contributed by atoms with Crippen LogP contribution in [-0.2, 0) is 0 Å². The maximum atomic E-state index is 9.65. The van der Waals surface area contributed by atoms with Crippen molar-refractivity contribution in [3.63, 3.8) is 0 Å². The number of rotatable bonds is 6. The Bertz CT molecular complexity index is 1360. The van der Waals surface area contributed by atoms with Crippen LogP contribution in [0.5, 0.6) is 11.5 Å². The molecule has 1 saturated carbocycles. The predicted octanol–water partition coefficient (Wildman–Crippen LogP) is 5.79. The second-order valence-corrected chi connectivity index (χ2v) is 8.02. The summed E-state index contributed by atoms with van der Waals surface area (Å²) in [5.74, 6) is 2.71. The van der Waals surface area contributed by atoms with E-state index >= 15 is 0 Å². The van der Waals surface area contributed by atoms with Gasteiger partial charge in [0.1, 0.15) is 11.9 Å². The summed E-state index contributed by atoms with van der Waals surface area (Å²) in [6.45, 7) is 0. The molecule has 164 valence electrons. The molecule has 0 bridgehead atoms. The number of pyridine rings is 1. The first-order valence-electron chi connectivity index (χ1n) is 11.1. The third-order valence-corrected chi connectivity index (χ3v) is 5.93. The molecule has 0 radical (unpaired) electrons. The van der Waals surface area contributed by atoms with Crippen LogP contribution in [0, 0.1) is 11.3 Å². The van der Waals surface area contributed by atoms with Crippen LogP contribution in [-0.4, -0.2) is 27.7 Å². The number of aromatic nitrogens is 3. The first-order chi connectivity index (χ1) is 16.3. The highest BCUT2D eigenvalue weighted by Gasteiger charge is 2.20. The maximum Gasteiger partial charge on any atom is 0.168 e. The van der Waals surface area contributed by atoms with E-state index in [0.717, 1.165) is 35.2 Å². The topological polar surface area (TPSA) is 73.0 Å². The third-order valence-electron chi connectivity index (χ3n) is 5.93. The average molecular weight is 437 g/mol. The molecule has 0 N–H and O–H groups in total. The molecule has 0 spiro atoms. The van der Waals surface area contributed by atoms with Gasteiger partial charge in [0.2, 0.25) is 0 Å². The summed E-state index contributed by atoms with van der Waals surface area (Å²) in [4.78, 5) is 9.30. The van der Waals surface area contributed by atoms with E-state index in [1.54, 1.807) is 25.4 Å². The first kappa shape index (κ1) is 20.8. The largest absolute Gasteiger partial charge is 0.493 e. The van der Waals surface area contributed by atoms with E-state index in [1.165, 1.54) is 12.8 Å². The van der Waals surface area contributed by atoms with E-state index in [1.807, 2.05) is 59.2 Å². The normalized spacial score (nSPS) is 14.1. The van der Waals surface area contributed by atoms with Gasteiger partial charge in [0.15, 0.2) is 17.3 Å².